The standard InChI is InChI=1S/C10H9F6O/c11-8(6-9(12,13)14)10(15,16)17-7-4-2-1-3-5-7/h2-5,8H,1,6H2. The van der Waals surface area contributed by atoms with E-state index in [1.807, 2.05) is 0 Å². The molecule has 1 aliphatic rings. The van der Waals surface area contributed by atoms with Crippen LogP contribution in [0.2, 0.25) is 0 Å². The highest BCUT2D eigenvalue weighted by Gasteiger charge is 2.49. The van der Waals surface area contributed by atoms with Crippen LogP contribution in [0.25, 0.3) is 0 Å². The first-order valence-corrected chi connectivity index (χ1v) is 4.68. The monoisotopic (exact) mass is 259 g/mol. The highest BCUT2D eigenvalue weighted by atomic mass is 19.4. The summed E-state index contributed by atoms with van der Waals surface area (Å²) in [5.41, 5.74) is 0. The minimum absolute atomic E-state index is 0.369. The van der Waals surface area contributed by atoms with Gasteiger partial charge in [-0.25, -0.2) is 4.39 Å². The van der Waals surface area contributed by atoms with E-state index in [1.165, 1.54) is 12.5 Å². The normalized spacial score (nSPS) is 18.8. The van der Waals surface area contributed by atoms with E-state index in [0.29, 0.717) is 6.42 Å². The second-order valence-corrected chi connectivity index (χ2v) is 3.39. The molecule has 0 aromatic heterocycles. The summed E-state index contributed by atoms with van der Waals surface area (Å²) in [5.74, 6) is -0.369. The van der Waals surface area contributed by atoms with E-state index in [-0.39, 0.29) is 5.76 Å². The Morgan fingerprint density at radius 2 is 1.88 bits per heavy atom. The maximum Gasteiger partial charge on any atom is 0.430 e. The van der Waals surface area contributed by atoms with Crippen molar-refractivity contribution in [3.63, 3.8) is 0 Å². The van der Waals surface area contributed by atoms with E-state index in [0.717, 1.165) is 12.2 Å². The molecule has 7 heteroatoms. The van der Waals surface area contributed by atoms with E-state index in [1.54, 1.807) is 0 Å². The van der Waals surface area contributed by atoms with Crippen LogP contribution in [0.1, 0.15) is 12.8 Å². The van der Waals surface area contributed by atoms with Crippen molar-refractivity contribution in [3.05, 3.63) is 30.4 Å². The van der Waals surface area contributed by atoms with Crippen LogP contribution in [-0.4, -0.2) is 18.5 Å². The van der Waals surface area contributed by atoms with Gasteiger partial charge in [-0.05, 0) is 25.0 Å². The van der Waals surface area contributed by atoms with Crippen molar-refractivity contribution in [2.24, 2.45) is 0 Å². The van der Waals surface area contributed by atoms with Gasteiger partial charge in [0.2, 0.25) is 6.17 Å². The van der Waals surface area contributed by atoms with Crippen molar-refractivity contribution in [1.29, 1.82) is 0 Å². The number of hydrogen-bond donors (Lipinski definition) is 0. The Hall–Kier alpha value is -1.14. The van der Waals surface area contributed by atoms with Gasteiger partial charge < -0.3 is 4.74 Å². The molecule has 0 aromatic carbocycles. The molecule has 0 aliphatic heterocycles. The molecule has 1 atom stereocenters. The van der Waals surface area contributed by atoms with E-state index >= 15 is 0 Å². The van der Waals surface area contributed by atoms with Gasteiger partial charge in [0.1, 0.15) is 5.76 Å². The van der Waals surface area contributed by atoms with Gasteiger partial charge in [0.25, 0.3) is 0 Å². The largest absolute Gasteiger partial charge is 0.431 e. The molecule has 0 spiro atoms. The highest BCUT2D eigenvalue weighted by molar-refractivity contribution is 5.22. The van der Waals surface area contributed by atoms with Gasteiger partial charge in [0.15, 0.2) is 0 Å². The smallest absolute Gasteiger partial charge is 0.430 e. The van der Waals surface area contributed by atoms with Crippen LogP contribution in [0.5, 0.6) is 0 Å². The molecule has 1 nitrogen and oxygen atoms in total. The quantitative estimate of drug-likeness (QED) is 0.695. The van der Waals surface area contributed by atoms with Crippen molar-refractivity contribution in [1.82, 2.24) is 0 Å². The minimum Gasteiger partial charge on any atom is -0.431 e. The Bertz CT molecular complexity index is 317. The van der Waals surface area contributed by atoms with Crippen LogP contribution < -0.4 is 0 Å². The number of halogens is 6. The van der Waals surface area contributed by atoms with E-state index in [9.17, 15) is 26.3 Å². The lowest BCUT2D eigenvalue weighted by molar-refractivity contribution is -0.271. The molecule has 1 unspecified atom stereocenters. The molecule has 0 saturated heterocycles. The molecule has 0 bridgehead atoms. The predicted octanol–water partition coefficient (Wildman–Crippen LogP) is 3.93. The molecule has 1 radical (unpaired) electrons. The summed E-state index contributed by atoms with van der Waals surface area (Å²) in [6, 6.07) is 0. The summed E-state index contributed by atoms with van der Waals surface area (Å²) in [4.78, 5) is 0. The zero-order valence-electron chi connectivity index (χ0n) is 8.48. The molecule has 0 heterocycles. The van der Waals surface area contributed by atoms with Gasteiger partial charge in [-0.3, -0.25) is 0 Å². The molecule has 0 fully saturated rings. The number of alkyl halides is 6. The number of ether oxygens (including phenoxy) is 1. The van der Waals surface area contributed by atoms with E-state index in [4.69, 9.17) is 0 Å². The molecule has 0 N–H and O–H groups in total. The summed E-state index contributed by atoms with van der Waals surface area (Å²) >= 11 is 0. The van der Waals surface area contributed by atoms with Crippen LogP contribution in [-0.2, 0) is 4.74 Å². The third-order valence-electron chi connectivity index (χ3n) is 1.87. The van der Waals surface area contributed by atoms with Gasteiger partial charge in [0.05, 0.1) is 6.42 Å². The average molecular weight is 259 g/mol. The van der Waals surface area contributed by atoms with E-state index in [2.05, 4.69) is 4.74 Å². The van der Waals surface area contributed by atoms with Crippen molar-refractivity contribution in [2.75, 3.05) is 0 Å². The van der Waals surface area contributed by atoms with Gasteiger partial charge in [-0.1, -0.05) is 6.08 Å². The summed E-state index contributed by atoms with van der Waals surface area (Å²) in [6.45, 7) is 0. The average Bonchev–Trinajstić information content (AvgIpc) is 2.15. The predicted molar refractivity (Wildman–Crippen MR) is 47.7 cm³/mol. The second-order valence-electron chi connectivity index (χ2n) is 3.39. The second kappa shape index (κ2) is 5.01. The molecule has 0 saturated carbocycles. The molecular formula is C10H9F6O. The van der Waals surface area contributed by atoms with Crippen LogP contribution in [0.3, 0.4) is 0 Å². The summed E-state index contributed by atoms with van der Waals surface area (Å²) in [7, 11) is 0. The Morgan fingerprint density at radius 3 is 2.35 bits per heavy atom. The van der Waals surface area contributed by atoms with Crippen LogP contribution >= 0.6 is 0 Å². The maximum atomic E-state index is 12.9. The molecule has 17 heavy (non-hydrogen) atoms. The fourth-order valence-electron chi connectivity index (χ4n) is 1.11. The number of hydrogen-bond acceptors (Lipinski definition) is 1. The molecular weight excluding hydrogens is 250 g/mol. The van der Waals surface area contributed by atoms with Gasteiger partial charge in [-0.15, -0.1) is 0 Å². The lowest BCUT2D eigenvalue weighted by Crippen LogP contribution is -2.36. The SMILES string of the molecule is FC(CC(F)(F)F)C(F)(F)OC1=C[CH]CC=C1. The van der Waals surface area contributed by atoms with Crippen molar-refractivity contribution in [2.45, 2.75) is 31.3 Å². The first-order chi connectivity index (χ1) is 7.71. The molecule has 0 amide bonds. The third kappa shape index (κ3) is 4.70. The van der Waals surface area contributed by atoms with Gasteiger partial charge in [-0.2, -0.15) is 22.0 Å². The zero-order valence-corrected chi connectivity index (χ0v) is 8.48. The molecule has 1 aliphatic carbocycles. The third-order valence-corrected chi connectivity index (χ3v) is 1.87. The number of allylic oxidation sites excluding steroid dienone is 3. The van der Waals surface area contributed by atoms with E-state index < -0.39 is 24.9 Å². The fourth-order valence-corrected chi connectivity index (χ4v) is 1.11. The lowest BCUT2D eigenvalue weighted by atomic mass is 10.2. The van der Waals surface area contributed by atoms with Crippen LogP contribution in [0, 0.1) is 6.42 Å². The lowest BCUT2D eigenvalue weighted by Gasteiger charge is -2.23. The minimum atomic E-state index is -5.00. The Labute approximate surface area is 93.7 Å². The first kappa shape index (κ1) is 13.9. The first-order valence-electron chi connectivity index (χ1n) is 4.68. The van der Waals surface area contributed by atoms with Crippen LogP contribution in [0.4, 0.5) is 26.3 Å². The summed E-state index contributed by atoms with van der Waals surface area (Å²) < 4.78 is 77.8. The highest BCUT2D eigenvalue weighted by Crippen LogP contribution is 2.34. The van der Waals surface area contributed by atoms with Gasteiger partial charge >= 0.3 is 12.3 Å². The molecule has 1 rings (SSSR count). The van der Waals surface area contributed by atoms with Crippen molar-refractivity contribution < 1.29 is 31.1 Å². The zero-order chi connectivity index (χ0) is 13.1. The Kier molecular flexibility index (Phi) is 4.11. The number of rotatable bonds is 4. The van der Waals surface area contributed by atoms with Crippen molar-refractivity contribution >= 4 is 0 Å². The Balaban J connectivity index is 2.60. The summed E-state index contributed by atoms with van der Waals surface area (Å²) in [5, 5.41) is 0. The fraction of sp³-hybridized carbons (Fsp3) is 0.500. The summed E-state index contributed by atoms with van der Waals surface area (Å²) in [6.07, 6.45) is -9.47. The molecule has 97 valence electrons. The molecule has 0 aromatic rings. The van der Waals surface area contributed by atoms with Crippen molar-refractivity contribution in [3.8, 4) is 0 Å². The maximum absolute atomic E-state index is 12.9. The topological polar surface area (TPSA) is 9.23 Å². The van der Waals surface area contributed by atoms with Crippen LogP contribution in [0.15, 0.2) is 24.0 Å². The van der Waals surface area contributed by atoms with Gasteiger partial charge in [0, 0.05) is 0 Å². The Morgan fingerprint density at radius 1 is 1.24 bits per heavy atom.